The zero-order valence-corrected chi connectivity index (χ0v) is 10.0. The Morgan fingerprint density at radius 3 is 2.84 bits per heavy atom. The van der Waals surface area contributed by atoms with Crippen molar-refractivity contribution in [3.8, 4) is 0 Å². The molecule has 9 heteroatoms. The number of anilines is 2. The molecule has 0 aliphatic heterocycles. The highest BCUT2D eigenvalue weighted by Gasteiger charge is 2.20. The highest BCUT2D eigenvalue weighted by atomic mass is 35.5. The Morgan fingerprint density at radius 1 is 1.53 bits per heavy atom. The number of aromatic nitrogens is 2. The normalized spacial score (nSPS) is 10.2. The molecule has 2 aromatic heterocycles. The predicted octanol–water partition coefficient (Wildman–Crippen LogP) is 2.71. The van der Waals surface area contributed by atoms with Crippen molar-refractivity contribution in [2.75, 3.05) is 5.32 Å². The Balaban J connectivity index is 2.35. The topological polar surface area (TPSA) is 110 Å². The molecule has 2 heterocycles. The number of rotatable bonds is 3. The highest BCUT2D eigenvalue weighted by molar-refractivity contribution is 6.32. The number of halogens is 1. The molecule has 19 heavy (non-hydrogen) atoms. The number of hydrogen-bond acceptors (Lipinski definition) is 5. The third kappa shape index (κ3) is 2.63. The summed E-state index contributed by atoms with van der Waals surface area (Å²) in [6.07, 6.45) is 2.74. The van der Waals surface area contributed by atoms with Crippen LogP contribution >= 0.6 is 11.6 Å². The predicted molar refractivity (Wildman–Crippen MR) is 67.0 cm³/mol. The molecule has 8 nitrogen and oxygen atoms in total. The average molecular weight is 283 g/mol. The van der Waals surface area contributed by atoms with Gasteiger partial charge in [-0.15, -0.1) is 0 Å². The molecule has 2 rings (SSSR count). The van der Waals surface area contributed by atoms with Crippen molar-refractivity contribution in [1.82, 2.24) is 9.55 Å². The van der Waals surface area contributed by atoms with E-state index in [4.69, 9.17) is 16.7 Å². The van der Waals surface area contributed by atoms with Crippen molar-refractivity contribution in [2.24, 2.45) is 0 Å². The minimum absolute atomic E-state index is 0.133. The van der Waals surface area contributed by atoms with Gasteiger partial charge in [-0.3, -0.25) is 14.7 Å². The molecule has 0 unspecified atom stereocenters. The molecule has 0 saturated heterocycles. The van der Waals surface area contributed by atoms with Crippen LogP contribution in [0.5, 0.6) is 0 Å². The van der Waals surface area contributed by atoms with Gasteiger partial charge in [-0.25, -0.2) is 9.78 Å². The van der Waals surface area contributed by atoms with E-state index in [0.29, 0.717) is 5.69 Å². The number of carbonyl (C=O) groups is 1. The number of pyridine rings is 1. The molecule has 0 aliphatic rings. The Hall–Kier alpha value is -2.61. The van der Waals surface area contributed by atoms with Crippen molar-refractivity contribution in [3.63, 3.8) is 0 Å². The maximum Gasteiger partial charge on any atom is 0.415 e. The minimum atomic E-state index is -1.16. The van der Waals surface area contributed by atoms with Gasteiger partial charge in [0.05, 0.1) is 10.6 Å². The monoisotopic (exact) mass is 282 g/mol. The second-order valence-electron chi connectivity index (χ2n) is 3.47. The van der Waals surface area contributed by atoms with Gasteiger partial charge in [-0.2, -0.15) is 0 Å². The maximum atomic E-state index is 10.9. The Morgan fingerprint density at radius 2 is 2.26 bits per heavy atom. The minimum Gasteiger partial charge on any atom is -0.464 e. The van der Waals surface area contributed by atoms with Gasteiger partial charge >= 0.3 is 11.8 Å². The number of nitro groups is 1. The standard InChI is InChI=1S/C10H7ClN4O4/c11-9-8(15(18)19)7(1-3-12-9)13-6-2-4-14(5-6)10(16)17/h1-5H,(H,12,13)(H,16,17). The SMILES string of the molecule is O=C(O)n1ccc(Nc2ccnc(Cl)c2[N+](=O)[O-])c1. The summed E-state index contributed by atoms with van der Waals surface area (Å²) in [5.74, 6) is 0. The van der Waals surface area contributed by atoms with E-state index in [-0.39, 0.29) is 16.5 Å². The van der Waals surface area contributed by atoms with E-state index in [2.05, 4.69) is 10.3 Å². The maximum absolute atomic E-state index is 10.9. The fourth-order valence-electron chi connectivity index (χ4n) is 1.45. The first-order chi connectivity index (χ1) is 8.99. The van der Waals surface area contributed by atoms with Gasteiger partial charge in [0.1, 0.15) is 5.69 Å². The summed E-state index contributed by atoms with van der Waals surface area (Å²) in [6.45, 7) is 0. The summed E-state index contributed by atoms with van der Waals surface area (Å²) in [6, 6.07) is 2.84. The molecule has 0 amide bonds. The van der Waals surface area contributed by atoms with Crippen LogP contribution in [0.4, 0.5) is 21.9 Å². The summed E-state index contributed by atoms with van der Waals surface area (Å²) in [5.41, 5.74) is 0.146. The number of hydrogen-bond donors (Lipinski definition) is 2. The van der Waals surface area contributed by atoms with Crippen molar-refractivity contribution in [2.45, 2.75) is 0 Å². The van der Waals surface area contributed by atoms with Crippen LogP contribution < -0.4 is 5.32 Å². The first kappa shape index (κ1) is 12.8. The average Bonchev–Trinajstić information content (AvgIpc) is 2.77. The van der Waals surface area contributed by atoms with E-state index < -0.39 is 11.0 Å². The summed E-state index contributed by atoms with van der Waals surface area (Å²) in [5, 5.41) is 22.1. The Kier molecular flexibility index (Phi) is 3.34. The van der Waals surface area contributed by atoms with Crippen LogP contribution in [0.25, 0.3) is 0 Å². The largest absolute Gasteiger partial charge is 0.464 e. The molecule has 0 radical (unpaired) electrons. The zero-order chi connectivity index (χ0) is 14.0. The number of carboxylic acid groups (broad SMARTS) is 1. The van der Waals surface area contributed by atoms with Gasteiger partial charge in [0.15, 0.2) is 0 Å². The Bertz CT molecular complexity index is 655. The van der Waals surface area contributed by atoms with Crippen LogP contribution in [0.15, 0.2) is 30.7 Å². The van der Waals surface area contributed by atoms with Gasteiger partial charge in [0.25, 0.3) is 0 Å². The van der Waals surface area contributed by atoms with Crippen LogP contribution in [-0.4, -0.2) is 25.7 Å². The molecule has 98 valence electrons. The third-order valence-corrected chi connectivity index (χ3v) is 2.53. The molecule has 2 N–H and O–H groups in total. The molecule has 0 atom stereocenters. The molecule has 0 fully saturated rings. The highest BCUT2D eigenvalue weighted by Crippen LogP contribution is 2.32. The van der Waals surface area contributed by atoms with Crippen LogP contribution in [-0.2, 0) is 0 Å². The summed E-state index contributed by atoms with van der Waals surface area (Å²) < 4.78 is 0.914. The van der Waals surface area contributed by atoms with E-state index in [1.54, 1.807) is 0 Å². The molecular formula is C10H7ClN4O4. The molecule has 0 aliphatic carbocycles. The smallest absolute Gasteiger partial charge is 0.415 e. The zero-order valence-electron chi connectivity index (χ0n) is 9.28. The van der Waals surface area contributed by atoms with Crippen molar-refractivity contribution in [3.05, 3.63) is 46.0 Å². The van der Waals surface area contributed by atoms with Crippen molar-refractivity contribution < 1.29 is 14.8 Å². The van der Waals surface area contributed by atoms with E-state index in [1.165, 1.54) is 30.7 Å². The third-order valence-electron chi connectivity index (χ3n) is 2.25. The molecule has 2 aromatic rings. The lowest BCUT2D eigenvalue weighted by molar-refractivity contribution is -0.384. The number of nitrogens with zero attached hydrogens (tertiary/aromatic N) is 3. The van der Waals surface area contributed by atoms with Crippen LogP contribution in [0.2, 0.25) is 5.15 Å². The van der Waals surface area contributed by atoms with Crippen LogP contribution in [0, 0.1) is 10.1 Å². The molecule has 0 bridgehead atoms. The van der Waals surface area contributed by atoms with E-state index in [1.807, 2.05) is 0 Å². The van der Waals surface area contributed by atoms with Gasteiger partial charge in [-0.05, 0) is 12.1 Å². The van der Waals surface area contributed by atoms with Gasteiger partial charge in [0.2, 0.25) is 5.15 Å². The molecule has 0 saturated carbocycles. The van der Waals surface area contributed by atoms with Crippen molar-refractivity contribution in [1.29, 1.82) is 0 Å². The quantitative estimate of drug-likeness (QED) is 0.509. The lowest BCUT2D eigenvalue weighted by Crippen LogP contribution is -2.04. The van der Waals surface area contributed by atoms with E-state index >= 15 is 0 Å². The van der Waals surface area contributed by atoms with E-state index in [0.717, 1.165) is 4.57 Å². The second kappa shape index (κ2) is 4.94. The van der Waals surface area contributed by atoms with Gasteiger partial charge < -0.3 is 10.4 Å². The van der Waals surface area contributed by atoms with Crippen LogP contribution in [0.1, 0.15) is 0 Å². The molecular weight excluding hydrogens is 276 g/mol. The fraction of sp³-hybridized carbons (Fsp3) is 0. The summed E-state index contributed by atoms with van der Waals surface area (Å²) in [7, 11) is 0. The number of nitrogens with one attached hydrogen (secondary N) is 1. The first-order valence-electron chi connectivity index (χ1n) is 4.96. The Labute approximate surface area is 111 Å². The van der Waals surface area contributed by atoms with E-state index in [9.17, 15) is 14.9 Å². The van der Waals surface area contributed by atoms with Crippen LogP contribution in [0.3, 0.4) is 0 Å². The first-order valence-corrected chi connectivity index (χ1v) is 5.34. The molecule has 0 aromatic carbocycles. The fourth-order valence-corrected chi connectivity index (χ4v) is 1.68. The molecule has 0 spiro atoms. The lowest BCUT2D eigenvalue weighted by Gasteiger charge is -2.05. The van der Waals surface area contributed by atoms with Gasteiger partial charge in [0, 0.05) is 18.6 Å². The summed E-state index contributed by atoms with van der Waals surface area (Å²) >= 11 is 5.65. The lowest BCUT2D eigenvalue weighted by atomic mass is 10.3. The van der Waals surface area contributed by atoms with Crippen molar-refractivity contribution >= 4 is 34.8 Å². The second-order valence-corrected chi connectivity index (χ2v) is 3.83. The van der Waals surface area contributed by atoms with Gasteiger partial charge in [-0.1, -0.05) is 11.6 Å². The summed E-state index contributed by atoms with van der Waals surface area (Å²) in [4.78, 5) is 24.5.